The Morgan fingerprint density at radius 1 is 1.56 bits per heavy atom. The Balaban J connectivity index is 1.90. The van der Waals surface area contributed by atoms with Crippen LogP contribution in [0.2, 0.25) is 0 Å². The number of ketones is 1. The van der Waals surface area contributed by atoms with Crippen LogP contribution in [0.1, 0.15) is 12.0 Å². The number of hydrogen-bond acceptors (Lipinski definition) is 3. The number of Topliss-reactive ketones (excluding diaryl/α,β-unsaturated/α-hetero) is 1. The lowest BCUT2D eigenvalue weighted by Crippen LogP contribution is -2.42. The van der Waals surface area contributed by atoms with E-state index < -0.39 is 0 Å². The van der Waals surface area contributed by atoms with Crippen molar-refractivity contribution in [1.82, 2.24) is 5.32 Å². The third-order valence-electron chi connectivity index (χ3n) is 2.88. The van der Waals surface area contributed by atoms with E-state index in [0.717, 1.165) is 12.1 Å². The van der Waals surface area contributed by atoms with E-state index in [4.69, 9.17) is 4.74 Å². The average molecular weight is 316 g/mol. The summed E-state index contributed by atoms with van der Waals surface area (Å²) in [6, 6.07) is 4.49. The molecule has 0 spiro atoms. The van der Waals surface area contributed by atoms with E-state index in [1.165, 1.54) is 12.1 Å². The molecule has 0 radical (unpaired) electrons. The fourth-order valence-electron chi connectivity index (χ4n) is 1.98. The second-order valence-electron chi connectivity index (χ2n) is 4.38. The fourth-order valence-corrected chi connectivity index (χ4v) is 2.47. The minimum Gasteiger partial charge on any atom is -0.379 e. The first-order valence-corrected chi connectivity index (χ1v) is 6.71. The number of nitrogens with one attached hydrogen (secondary N) is 1. The van der Waals surface area contributed by atoms with Crippen molar-refractivity contribution in [3.05, 3.63) is 34.1 Å². The van der Waals surface area contributed by atoms with Gasteiger partial charge in [0.15, 0.2) is 0 Å². The van der Waals surface area contributed by atoms with Gasteiger partial charge in [-0.1, -0.05) is 22.0 Å². The highest BCUT2D eigenvalue weighted by Gasteiger charge is 2.17. The Bertz CT molecular complexity index is 433. The Hall–Kier alpha value is -0.780. The molecule has 2 rings (SSSR count). The molecular weight excluding hydrogens is 301 g/mol. The SMILES string of the molecule is O=C(Cc1ccc(F)cc1Br)CC1COCCN1. The summed E-state index contributed by atoms with van der Waals surface area (Å²) in [7, 11) is 0. The van der Waals surface area contributed by atoms with E-state index in [2.05, 4.69) is 21.2 Å². The minimum atomic E-state index is -0.305. The lowest BCUT2D eigenvalue weighted by atomic mass is 10.0. The van der Waals surface area contributed by atoms with Crippen LogP contribution in [0.25, 0.3) is 0 Å². The van der Waals surface area contributed by atoms with Gasteiger partial charge in [-0.3, -0.25) is 4.79 Å². The molecule has 0 bridgehead atoms. The molecule has 98 valence electrons. The van der Waals surface area contributed by atoms with Crippen LogP contribution in [0.3, 0.4) is 0 Å². The monoisotopic (exact) mass is 315 g/mol. The van der Waals surface area contributed by atoms with Gasteiger partial charge in [0, 0.05) is 29.9 Å². The van der Waals surface area contributed by atoms with Crippen LogP contribution < -0.4 is 5.32 Å². The first-order chi connectivity index (χ1) is 8.65. The molecule has 0 amide bonds. The summed E-state index contributed by atoms with van der Waals surface area (Å²) in [5.41, 5.74) is 0.818. The molecule has 1 aliphatic rings. The molecule has 1 aliphatic heterocycles. The molecule has 3 nitrogen and oxygen atoms in total. The Morgan fingerprint density at radius 3 is 3.06 bits per heavy atom. The van der Waals surface area contributed by atoms with Crippen molar-refractivity contribution in [2.45, 2.75) is 18.9 Å². The summed E-state index contributed by atoms with van der Waals surface area (Å²) in [5, 5.41) is 3.24. The topological polar surface area (TPSA) is 38.3 Å². The molecule has 5 heteroatoms. The molecule has 0 aromatic heterocycles. The third kappa shape index (κ3) is 3.86. The van der Waals surface area contributed by atoms with Gasteiger partial charge in [-0.25, -0.2) is 4.39 Å². The van der Waals surface area contributed by atoms with Crippen LogP contribution in [0, 0.1) is 5.82 Å². The van der Waals surface area contributed by atoms with Gasteiger partial charge in [0.05, 0.1) is 13.2 Å². The zero-order valence-corrected chi connectivity index (χ0v) is 11.5. The Kier molecular flexibility index (Phi) is 4.86. The quantitative estimate of drug-likeness (QED) is 0.924. The molecule has 1 unspecified atom stereocenters. The number of ether oxygens (including phenoxy) is 1. The standard InChI is InChI=1S/C13H15BrFNO2/c14-13-6-10(15)2-1-9(13)5-12(17)7-11-8-18-4-3-16-11/h1-2,6,11,16H,3-5,7-8H2. The normalized spacial score (nSPS) is 19.8. The summed E-state index contributed by atoms with van der Waals surface area (Å²) in [5.74, 6) is -0.175. The molecular formula is C13H15BrFNO2. The number of carbonyl (C=O) groups is 1. The number of benzene rings is 1. The maximum absolute atomic E-state index is 12.9. The van der Waals surface area contributed by atoms with Crippen LogP contribution in [0.15, 0.2) is 22.7 Å². The largest absolute Gasteiger partial charge is 0.379 e. The Morgan fingerprint density at radius 2 is 2.39 bits per heavy atom. The van der Waals surface area contributed by atoms with Gasteiger partial charge in [0.25, 0.3) is 0 Å². The number of morpholine rings is 1. The van der Waals surface area contributed by atoms with Gasteiger partial charge in [0.2, 0.25) is 0 Å². The predicted molar refractivity (Wildman–Crippen MR) is 70.0 cm³/mol. The van der Waals surface area contributed by atoms with Crippen molar-refractivity contribution in [2.24, 2.45) is 0 Å². The van der Waals surface area contributed by atoms with Crippen molar-refractivity contribution < 1.29 is 13.9 Å². The molecule has 1 fully saturated rings. The lowest BCUT2D eigenvalue weighted by Gasteiger charge is -2.23. The molecule has 0 saturated carbocycles. The van der Waals surface area contributed by atoms with Gasteiger partial charge < -0.3 is 10.1 Å². The summed E-state index contributed by atoms with van der Waals surface area (Å²) in [6.45, 7) is 2.07. The number of hydrogen-bond donors (Lipinski definition) is 1. The van der Waals surface area contributed by atoms with Gasteiger partial charge in [-0.05, 0) is 17.7 Å². The van der Waals surface area contributed by atoms with Crippen molar-refractivity contribution in [2.75, 3.05) is 19.8 Å². The highest BCUT2D eigenvalue weighted by molar-refractivity contribution is 9.10. The zero-order valence-electron chi connectivity index (χ0n) is 9.92. The fraction of sp³-hybridized carbons (Fsp3) is 0.462. The second kappa shape index (κ2) is 6.41. The van der Waals surface area contributed by atoms with E-state index in [1.807, 2.05) is 0 Å². The summed E-state index contributed by atoms with van der Waals surface area (Å²) < 4.78 is 18.9. The minimum absolute atomic E-state index is 0.102. The van der Waals surface area contributed by atoms with Crippen LogP contribution in [-0.4, -0.2) is 31.6 Å². The first kappa shape index (κ1) is 13.6. The lowest BCUT2D eigenvalue weighted by molar-refractivity contribution is -0.119. The van der Waals surface area contributed by atoms with Crippen LogP contribution in [0.5, 0.6) is 0 Å². The van der Waals surface area contributed by atoms with E-state index >= 15 is 0 Å². The van der Waals surface area contributed by atoms with Crippen molar-refractivity contribution >= 4 is 21.7 Å². The summed E-state index contributed by atoms with van der Waals surface area (Å²) in [6.07, 6.45) is 0.767. The first-order valence-electron chi connectivity index (χ1n) is 5.92. The van der Waals surface area contributed by atoms with Crippen molar-refractivity contribution in [3.8, 4) is 0 Å². The van der Waals surface area contributed by atoms with E-state index in [9.17, 15) is 9.18 Å². The maximum atomic E-state index is 12.9. The summed E-state index contributed by atoms with van der Waals surface area (Å²) in [4.78, 5) is 11.9. The molecule has 1 N–H and O–H groups in total. The van der Waals surface area contributed by atoms with E-state index in [-0.39, 0.29) is 17.6 Å². The molecule has 1 atom stereocenters. The molecule has 1 aromatic carbocycles. The van der Waals surface area contributed by atoms with Crippen LogP contribution >= 0.6 is 15.9 Å². The molecule has 18 heavy (non-hydrogen) atoms. The highest BCUT2D eigenvalue weighted by atomic mass is 79.9. The maximum Gasteiger partial charge on any atom is 0.138 e. The van der Waals surface area contributed by atoms with E-state index in [1.54, 1.807) is 6.07 Å². The molecule has 1 aromatic rings. The third-order valence-corrected chi connectivity index (χ3v) is 3.61. The predicted octanol–water partition coefficient (Wildman–Crippen LogP) is 2.08. The molecule has 1 heterocycles. The number of halogens is 2. The smallest absolute Gasteiger partial charge is 0.138 e. The van der Waals surface area contributed by atoms with Gasteiger partial charge in [-0.2, -0.15) is 0 Å². The Labute approximate surface area is 114 Å². The van der Waals surface area contributed by atoms with Crippen LogP contribution in [0.4, 0.5) is 4.39 Å². The zero-order chi connectivity index (χ0) is 13.0. The number of carbonyl (C=O) groups excluding carboxylic acids is 1. The van der Waals surface area contributed by atoms with Gasteiger partial charge in [-0.15, -0.1) is 0 Å². The molecule has 1 saturated heterocycles. The second-order valence-corrected chi connectivity index (χ2v) is 5.24. The van der Waals surface area contributed by atoms with Gasteiger partial charge in [0.1, 0.15) is 11.6 Å². The molecule has 0 aliphatic carbocycles. The van der Waals surface area contributed by atoms with E-state index in [0.29, 0.717) is 30.5 Å². The van der Waals surface area contributed by atoms with Crippen LogP contribution in [-0.2, 0) is 16.0 Å². The number of rotatable bonds is 4. The van der Waals surface area contributed by atoms with Crippen molar-refractivity contribution in [1.29, 1.82) is 0 Å². The average Bonchev–Trinajstić information content (AvgIpc) is 2.34. The summed E-state index contributed by atoms with van der Waals surface area (Å²) >= 11 is 3.27. The van der Waals surface area contributed by atoms with Crippen molar-refractivity contribution in [3.63, 3.8) is 0 Å². The van der Waals surface area contributed by atoms with Gasteiger partial charge >= 0.3 is 0 Å². The highest BCUT2D eigenvalue weighted by Crippen LogP contribution is 2.19.